The summed E-state index contributed by atoms with van der Waals surface area (Å²) >= 11 is 0. The summed E-state index contributed by atoms with van der Waals surface area (Å²) in [6.07, 6.45) is 3.82. The van der Waals surface area contributed by atoms with E-state index < -0.39 is 5.60 Å². The monoisotopic (exact) mass is 411 g/mol. The first-order valence-electron chi connectivity index (χ1n) is 10.9. The Morgan fingerprint density at radius 2 is 1.77 bits per heavy atom. The van der Waals surface area contributed by atoms with Crippen molar-refractivity contribution >= 4 is 11.6 Å². The molecule has 1 aromatic carbocycles. The number of ether oxygens (including phenoxy) is 1. The number of ketones is 1. The molecular weight excluding hydrogens is 378 g/mol. The second-order valence-electron chi connectivity index (χ2n) is 8.17. The van der Waals surface area contributed by atoms with Gasteiger partial charge in [0.2, 0.25) is 0 Å². The fraction of sp³-hybridized carbons (Fsp3) is 0.542. The minimum atomic E-state index is -1.37. The Bertz CT molecular complexity index is 949. The Kier molecular flexibility index (Phi) is 6.46. The second-order valence-corrected chi connectivity index (χ2v) is 8.17. The van der Waals surface area contributed by atoms with Gasteiger partial charge in [0.25, 0.3) is 0 Å². The van der Waals surface area contributed by atoms with Gasteiger partial charge in [0.15, 0.2) is 5.78 Å². The number of aliphatic hydroxyl groups is 1. The Balaban J connectivity index is 2.15. The van der Waals surface area contributed by atoms with Crippen molar-refractivity contribution in [2.75, 3.05) is 12.4 Å². The van der Waals surface area contributed by atoms with E-state index >= 15 is 0 Å². The van der Waals surface area contributed by atoms with E-state index in [1.807, 2.05) is 6.07 Å². The number of carbonyl (C=O) groups is 1. The fourth-order valence-corrected chi connectivity index (χ4v) is 4.09. The number of benzene rings is 1. The van der Waals surface area contributed by atoms with Crippen molar-refractivity contribution in [3.63, 3.8) is 0 Å². The molecule has 30 heavy (non-hydrogen) atoms. The molecule has 1 aliphatic rings. The van der Waals surface area contributed by atoms with Crippen LogP contribution in [0.5, 0.6) is 5.75 Å². The number of nitrogens with one attached hydrogen (secondary N) is 1. The number of hydrogen-bond donors (Lipinski definition) is 2. The number of fused-ring (bicyclic) bond motifs is 1. The van der Waals surface area contributed by atoms with E-state index in [1.54, 1.807) is 20.1 Å². The molecule has 1 unspecified atom stereocenters. The predicted octanol–water partition coefficient (Wildman–Crippen LogP) is 4.37. The molecule has 3 rings (SSSR count). The van der Waals surface area contributed by atoms with Gasteiger partial charge in [-0.2, -0.15) is 0 Å². The Hall–Kier alpha value is -2.47. The van der Waals surface area contributed by atoms with E-state index in [-0.39, 0.29) is 5.78 Å². The molecule has 0 aliphatic heterocycles. The summed E-state index contributed by atoms with van der Waals surface area (Å²) in [7, 11) is 1.59. The van der Waals surface area contributed by atoms with Crippen molar-refractivity contribution in [3.05, 3.63) is 34.6 Å². The number of nitrogens with zero attached hydrogens (tertiary/aromatic N) is 2. The van der Waals surface area contributed by atoms with Gasteiger partial charge in [-0.25, -0.2) is 9.97 Å². The van der Waals surface area contributed by atoms with E-state index in [0.29, 0.717) is 23.8 Å². The topological polar surface area (TPSA) is 84.3 Å². The average Bonchev–Trinajstić information content (AvgIpc) is 2.98. The highest BCUT2D eigenvalue weighted by atomic mass is 16.5. The zero-order chi connectivity index (χ0) is 22.1. The number of aryl methyl sites for hydroxylation is 2. The minimum Gasteiger partial charge on any atom is -0.496 e. The Morgan fingerprint density at radius 1 is 1.10 bits per heavy atom. The van der Waals surface area contributed by atoms with Crippen molar-refractivity contribution in [2.24, 2.45) is 0 Å². The Labute approximate surface area is 179 Å². The summed E-state index contributed by atoms with van der Waals surface area (Å²) in [5.74, 6) is 1.17. The van der Waals surface area contributed by atoms with Crippen LogP contribution in [0.15, 0.2) is 12.1 Å². The number of aromatic nitrogens is 2. The normalized spacial score (nSPS) is 18.1. The Morgan fingerprint density at radius 3 is 2.33 bits per heavy atom. The molecule has 0 fully saturated rings. The van der Waals surface area contributed by atoms with Crippen LogP contribution in [-0.4, -0.2) is 39.6 Å². The molecule has 1 heterocycles. The highest BCUT2D eigenvalue weighted by molar-refractivity contribution is 6.07. The first-order chi connectivity index (χ1) is 14.3. The van der Waals surface area contributed by atoms with Crippen LogP contribution in [0, 0.1) is 0 Å². The van der Waals surface area contributed by atoms with Crippen molar-refractivity contribution in [3.8, 4) is 17.0 Å². The SMILES string of the molecule is CCc1nc(-c2cc3c(cc2OC)C(=O)C(C)(O)C3)c(CC)nc1NC(CC)CC. The average molecular weight is 412 g/mol. The van der Waals surface area contributed by atoms with Crippen LogP contribution < -0.4 is 10.1 Å². The molecule has 1 atom stereocenters. The lowest BCUT2D eigenvalue weighted by molar-refractivity contribution is 0.0461. The van der Waals surface area contributed by atoms with Gasteiger partial charge in [-0.3, -0.25) is 4.79 Å². The molecule has 2 N–H and O–H groups in total. The molecule has 0 saturated heterocycles. The predicted molar refractivity (Wildman–Crippen MR) is 119 cm³/mol. The van der Waals surface area contributed by atoms with Gasteiger partial charge in [0.05, 0.1) is 24.2 Å². The molecule has 0 bridgehead atoms. The third-order valence-corrected chi connectivity index (χ3v) is 5.99. The molecule has 0 saturated carbocycles. The minimum absolute atomic E-state index is 0.261. The summed E-state index contributed by atoms with van der Waals surface area (Å²) in [6.45, 7) is 10.0. The van der Waals surface area contributed by atoms with Gasteiger partial charge in [-0.15, -0.1) is 0 Å². The molecule has 2 aromatic rings. The number of methoxy groups -OCH3 is 1. The van der Waals surface area contributed by atoms with E-state index in [2.05, 4.69) is 33.0 Å². The standard InChI is InChI=1S/C24H33N3O3/c1-7-15(8-2)25-23-19(10-4)26-21(18(9-3)27-23)17-11-14-13-24(5,29)22(28)16(14)12-20(17)30-6/h11-12,15,29H,7-10,13H2,1-6H3,(H,25,27). The van der Waals surface area contributed by atoms with Gasteiger partial charge < -0.3 is 15.2 Å². The van der Waals surface area contributed by atoms with Crippen molar-refractivity contribution in [1.82, 2.24) is 9.97 Å². The second kappa shape index (κ2) is 8.72. The quantitative estimate of drug-likeness (QED) is 0.671. The van der Waals surface area contributed by atoms with Gasteiger partial charge in [0, 0.05) is 23.6 Å². The first-order valence-corrected chi connectivity index (χ1v) is 10.9. The van der Waals surface area contributed by atoms with Crippen LogP contribution in [0.25, 0.3) is 11.3 Å². The zero-order valence-electron chi connectivity index (χ0n) is 18.9. The van der Waals surface area contributed by atoms with Crippen molar-refractivity contribution < 1.29 is 14.6 Å². The van der Waals surface area contributed by atoms with Crippen LogP contribution in [0.2, 0.25) is 0 Å². The molecule has 1 aromatic heterocycles. The summed E-state index contributed by atoms with van der Waals surface area (Å²) in [6, 6.07) is 4.03. The van der Waals surface area contributed by atoms with Gasteiger partial charge >= 0.3 is 0 Å². The third-order valence-electron chi connectivity index (χ3n) is 5.99. The van der Waals surface area contributed by atoms with Crippen molar-refractivity contribution in [2.45, 2.75) is 78.4 Å². The molecular formula is C24H33N3O3. The summed E-state index contributed by atoms with van der Waals surface area (Å²) < 4.78 is 5.63. The number of carbonyl (C=O) groups excluding carboxylic acids is 1. The zero-order valence-corrected chi connectivity index (χ0v) is 18.9. The summed E-state index contributed by atoms with van der Waals surface area (Å²) in [5.41, 5.74) is 3.37. The van der Waals surface area contributed by atoms with E-state index in [0.717, 1.165) is 59.7 Å². The molecule has 1 aliphatic carbocycles. The third kappa shape index (κ3) is 3.93. The van der Waals surface area contributed by atoms with Gasteiger partial charge in [-0.1, -0.05) is 27.7 Å². The maximum atomic E-state index is 12.5. The van der Waals surface area contributed by atoms with Crippen LogP contribution in [0.1, 0.15) is 74.8 Å². The maximum absolute atomic E-state index is 12.5. The van der Waals surface area contributed by atoms with E-state index in [4.69, 9.17) is 14.7 Å². The fourth-order valence-electron chi connectivity index (χ4n) is 4.09. The highest BCUT2D eigenvalue weighted by Gasteiger charge is 2.40. The highest BCUT2D eigenvalue weighted by Crippen LogP contribution is 2.39. The maximum Gasteiger partial charge on any atom is 0.194 e. The number of hydrogen-bond acceptors (Lipinski definition) is 6. The van der Waals surface area contributed by atoms with Gasteiger partial charge in [-0.05, 0) is 50.3 Å². The molecule has 6 heteroatoms. The van der Waals surface area contributed by atoms with E-state index in [1.165, 1.54) is 0 Å². The number of Topliss-reactive ketones (excluding diaryl/α,β-unsaturated/α-hetero) is 1. The largest absolute Gasteiger partial charge is 0.496 e. The lowest BCUT2D eigenvalue weighted by Crippen LogP contribution is -2.31. The lowest BCUT2D eigenvalue weighted by atomic mass is 10.00. The van der Waals surface area contributed by atoms with Crippen molar-refractivity contribution in [1.29, 1.82) is 0 Å². The number of rotatable bonds is 8. The molecule has 162 valence electrons. The summed E-state index contributed by atoms with van der Waals surface area (Å²) in [5, 5.41) is 14.0. The first kappa shape index (κ1) is 22.2. The molecule has 6 nitrogen and oxygen atoms in total. The van der Waals surface area contributed by atoms with Gasteiger partial charge in [0.1, 0.15) is 17.2 Å². The summed E-state index contributed by atoms with van der Waals surface area (Å²) in [4.78, 5) is 22.5. The van der Waals surface area contributed by atoms with E-state index in [9.17, 15) is 9.90 Å². The van der Waals surface area contributed by atoms with Crippen LogP contribution in [-0.2, 0) is 19.3 Å². The lowest BCUT2D eigenvalue weighted by Gasteiger charge is -2.20. The van der Waals surface area contributed by atoms with Crippen LogP contribution >= 0.6 is 0 Å². The smallest absolute Gasteiger partial charge is 0.194 e. The van der Waals surface area contributed by atoms with Crippen LogP contribution in [0.4, 0.5) is 5.82 Å². The van der Waals surface area contributed by atoms with Crippen LogP contribution in [0.3, 0.4) is 0 Å². The molecule has 0 spiro atoms. The molecule has 0 amide bonds. The number of anilines is 1. The molecule has 0 radical (unpaired) electrons.